The second-order valence-electron chi connectivity index (χ2n) is 4.30. The molecule has 0 saturated heterocycles. The number of aliphatic hydroxyl groups excluding tert-OH is 1. The topological polar surface area (TPSA) is 67.8 Å². The van der Waals surface area contributed by atoms with E-state index in [0.29, 0.717) is 13.2 Å². The smallest absolute Gasteiger partial charge is 0.290 e. The minimum atomic E-state index is -0.460. The molecule has 0 spiro atoms. The molecular weight excluding hydrogens is 210 g/mol. The molecular formula is C11H17NO4. The maximum atomic E-state index is 11.8. The molecule has 5 nitrogen and oxygen atoms in total. The molecule has 2 rings (SSSR count). The van der Waals surface area contributed by atoms with Crippen molar-refractivity contribution in [3.05, 3.63) is 12.0 Å². The molecule has 0 radical (unpaired) electrons. The molecule has 16 heavy (non-hydrogen) atoms. The van der Waals surface area contributed by atoms with Crippen LogP contribution in [-0.4, -0.2) is 36.4 Å². The van der Waals surface area contributed by atoms with Gasteiger partial charge >= 0.3 is 0 Å². The van der Waals surface area contributed by atoms with Crippen molar-refractivity contribution in [1.29, 1.82) is 0 Å². The van der Waals surface area contributed by atoms with Gasteiger partial charge in [0.15, 0.2) is 0 Å². The first-order valence-electron chi connectivity index (χ1n) is 5.64. The van der Waals surface area contributed by atoms with Gasteiger partial charge in [-0.3, -0.25) is 4.79 Å². The Hall–Kier alpha value is -1.23. The minimum Gasteiger partial charge on any atom is -0.494 e. The number of carbonyl (C=O) groups excluding carboxylic acids is 1. The van der Waals surface area contributed by atoms with Gasteiger partial charge in [-0.1, -0.05) is 12.8 Å². The lowest BCUT2D eigenvalue weighted by atomic mass is 9.99. The SMILES string of the molecule is O=C(NC1(CO)CCCC1)C1=COCCO1. The van der Waals surface area contributed by atoms with E-state index in [-0.39, 0.29) is 18.3 Å². The van der Waals surface area contributed by atoms with Gasteiger partial charge in [0.1, 0.15) is 19.5 Å². The van der Waals surface area contributed by atoms with E-state index in [1.165, 1.54) is 6.26 Å². The average Bonchev–Trinajstić information content (AvgIpc) is 2.79. The second kappa shape index (κ2) is 4.74. The van der Waals surface area contributed by atoms with Crippen LogP contribution in [0.2, 0.25) is 0 Å². The van der Waals surface area contributed by atoms with E-state index < -0.39 is 5.54 Å². The summed E-state index contributed by atoms with van der Waals surface area (Å²) < 4.78 is 10.2. The first-order chi connectivity index (χ1) is 7.76. The lowest BCUT2D eigenvalue weighted by Crippen LogP contribution is -2.50. The van der Waals surface area contributed by atoms with Gasteiger partial charge in [0.25, 0.3) is 5.91 Å². The first-order valence-corrected chi connectivity index (χ1v) is 5.64. The molecule has 0 atom stereocenters. The van der Waals surface area contributed by atoms with Crippen LogP contribution in [0.4, 0.5) is 0 Å². The van der Waals surface area contributed by atoms with Crippen LogP contribution in [0.25, 0.3) is 0 Å². The molecule has 1 saturated carbocycles. The summed E-state index contributed by atoms with van der Waals surface area (Å²) in [4.78, 5) is 11.8. The second-order valence-corrected chi connectivity index (χ2v) is 4.30. The molecule has 1 aliphatic heterocycles. The molecule has 0 aromatic carbocycles. The zero-order valence-electron chi connectivity index (χ0n) is 9.20. The molecule has 0 bridgehead atoms. The third kappa shape index (κ3) is 2.29. The molecule has 0 aromatic rings. The van der Waals surface area contributed by atoms with Crippen LogP contribution in [0.3, 0.4) is 0 Å². The van der Waals surface area contributed by atoms with Gasteiger partial charge in [-0.15, -0.1) is 0 Å². The van der Waals surface area contributed by atoms with Crippen LogP contribution >= 0.6 is 0 Å². The molecule has 1 fully saturated rings. The Labute approximate surface area is 94.4 Å². The summed E-state index contributed by atoms with van der Waals surface area (Å²) >= 11 is 0. The molecule has 1 amide bonds. The lowest BCUT2D eigenvalue weighted by molar-refractivity contribution is -0.124. The van der Waals surface area contributed by atoms with Crippen LogP contribution in [0.15, 0.2) is 12.0 Å². The summed E-state index contributed by atoms with van der Waals surface area (Å²) in [5, 5.41) is 12.2. The highest BCUT2D eigenvalue weighted by atomic mass is 16.6. The molecule has 90 valence electrons. The fourth-order valence-corrected chi connectivity index (χ4v) is 2.16. The highest BCUT2D eigenvalue weighted by molar-refractivity contribution is 5.91. The predicted molar refractivity (Wildman–Crippen MR) is 56.4 cm³/mol. The normalized spacial score (nSPS) is 22.9. The van der Waals surface area contributed by atoms with Crippen molar-refractivity contribution < 1.29 is 19.4 Å². The molecule has 0 unspecified atom stereocenters. The average molecular weight is 227 g/mol. The van der Waals surface area contributed by atoms with Crippen LogP contribution in [-0.2, 0) is 14.3 Å². The van der Waals surface area contributed by atoms with E-state index >= 15 is 0 Å². The maximum absolute atomic E-state index is 11.8. The number of hydrogen-bond acceptors (Lipinski definition) is 4. The third-order valence-corrected chi connectivity index (χ3v) is 3.11. The molecule has 5 heteroatoms. The van der Waals surface area contributed by atoms with Gasteiger partial charge < -0.3 is 19.9 Å². The molecule has 0 aromatic heterocycles. The highest BCUT2D eigenvalue weighted by Crippen LogP contribution is 2.29. The van der Waals surface area contributed by atoms with E-state index in [2.05, 4.69) is 5.32 Å². The Morgan fingerprint density at radius 3 is 2.75 bits per heavy atom. The van der Waals surface area contributed by atoms with Gasteiger partial charge in [-0.05, 0) is 12.8 Å². The summed E-state index contributed by atoms with van der Waals surface area (Å²) in [5.41, 5.74) is -0.460. The largest absolute Gasteiger partial charge is 0.494 e. The summed E-state index contributed by atoms with van der Waals surface area (Å²) in [6.07, 6.45) is 5.06. The maximum Gasteiger partial charge on any atom is 0.290 e. The fraction of sp³-hybridized carbons (Fsp3) is 0.727. The monoisotopic (exact) mass is 227 g/mol. The van der Waals surface area contributed by atoms with E-state index in [0.717, 1.165) is 25.7 Å². The van der Waals surface area contributed by atoms with E-state index in [1.807, 2.05) is 0 Å². The first kappa shape index (κ1) is 11.3. The van der Waals surface area contributed by atoms with E-state index in [4.69, 9.17) is 9.47 Å². The summed E-state index contributed by atoms with van der Waals surface area (Å²) in [5.74, 6) is -0.0957. The van der Waals surface area contributed by atoms with Crippen molar-refractivity contribution in [1.82, 2.24) is 5.32 Å². The van der Waals surface area contributed by atoms with Crippen molar-refractivity contribution in [2.45, 2.75) is 31.2 Å². The predicted octanol–water partition coefficient (Wildman–Crippen LogP) is 0.296. The molecule has 1 heterocycles. The highest BCUT2D eigenvalue weighted by Gasteiger charge is 2.35. The summed E-state index contributed by atoms with van der Waals surface area (Å²) in [6, 6.07) is 0. The van der Waals surface area contributed by atoms with Crippen molar-refractivity contribution in [3.8, 4) is 0 Å². The van der Waals surface area contributed by atoms with Crippen LogP contribution in [0.1, 0.15) is 25.7 Å². The Morgan fingerprint density at radius 1 is 1.44 bits per heavy atom. The Balaban J connectivity index is 1.97. The van der Waals surface area contributed by atoms with E-state index in [9.17, 15) is 9.90 Å². The number of hydrogen-bond donors (Lipinski definition) is 2. The number of rotatable bonds is 3. The number of carbonyl (C=O) groups is 1. The Kier molecular flexibility index (Phi) is 3.33. The Bertz CT molecular complexity index is 294. The third-order valence-electron chi connectivity index (χ3n) is 3.11. The van der Waals surface area contributed by atoms with Gasteiger partial charge in [0.2, 0.25) is 5.76 Å². The van der Waals surface area contributed by atoms with Gasteiger partial charge in [0, 0.05) is 0 Å². The van der Waals surface area contributed by atoms with Crippen LogP contribution in [0.5, 0.6) is 0 Å². The van der Waals surface area contributed by atoms with Crippen molar-refractivity contribution in [2.75, 3.05) is 19.8 Å². The zero-order valence-corrected chi connectivity index (χ0v) is 9.20. The van der Waals surface area contributed by atoms with Crippen molar-refractivity contribution >= 4 is 5.91 Å². The number of amides is 1. The molecule has 2 N–H and O–H groups in total. The van der Waals surface area contributed by atoms with Gasteiger partial charge in [-0.25, -0.2) is 0 Å². The van der Waals surface area contributed by atoms with Gasteiger partial charge in [0.05, 0.1) is 12.1 Å². The van der Waals surface area contributed by atoms with E-state index in [1.54, 1.807) is 0 Å². The van der Waals surface area contributed by atoms with Crippen LogP contribution in [0, 0.1) is 0 Å². The minimum absolute atomic E-state index is 0.0210. The van der Waals surface area contributed by atoms with Crippen molar-refractivity contribution in [2.24, 2.45) is 0 Å². The lowest BCUT2D eigenvalue weighted by Gasteiger charge is -2.28. The summed E-state index contributed by atoms with van der Waals surface area (Å²) in [6.45, 7) is 0.847. The quantitative estimate of drug-likeness (QED) is 0.727. The van der Waals surface area contributed by atoms with Gasteiger partial charge in [-0.2, -0.15) is 0 Å². The zero-order chi connectivity index (χ0) is 11.4. The van der Waals surface area contributed by atoms with Crippen LogP contribution < -0.4 is 5.32 Å². The van der Waals surface area contributed by atoms with Crippen molar-refractivity contribution in [3.63, 3.8) is 0 Å². The molecule has 2 aliphatic rings. The number of nitrogens with one attached hydrogen (secondary N) is 1. The number of aliphatic hydroxyl groups is 1. The Morgan fingerprint density at radius 2 is 2.19 bits per heavy atom. The fourth-order valence-electron chi connectivity index (χ4n) is 2.16. The standard InChI is InChI=1S/C11H17NO4/c13-8-11(3-1-2-4-11)12-10(14)9-7-15-5-6-16-9/h7,13H,1-6,8H2,(H,12,14). The molecule has 1 aliphatic carbocycles. The number of ether oxygens (including phenoxy) is 2. The summed E-state index contributed by atoms with van der Waals surface area (Å²) in [7, 11) is 0.